The first kappa shape index (κ1) is 25.2. The Balaban J connectivity index is 1.38. The van der Waals surface area contributed by atoms with Crippen LogP contribution in [0.15, 0.2) is 78.0 Å². The minimum atomic E-state index is -0.402. The molecule has 0 radical (unpaired) electrons. The Morgan fingerprint density at radius 2 is 1.74 bits per heavy atom. The maximum absolute atomic E-state index is 13.6. The van der Waals surface area contributed by atoms with Gasteiger partial charge in [0, 0.05) is 18.7 Å². The summed E-state index contributed by atoms with van der Waals surface area (Å²) in [6.07, 6.45) is 0. The van der Waals surface area contributed by atoms with Gasteiger partial charge in [-0.15, -0.1) is 0 Å². The van der Waals surface area contributed by atoms with E-state index in [9.17, 15) is 9.59 Å². The van der Waals surface area contributed by atoms with Gasteiger partial charge >= 0.3 is 5.97 Å². The lowest BCUT2D eigenvalue weighted by atomic mass is 10.1. The average Bonchev–Trinajstić information content (AvgIpc) is 3.42. The number of likely N-dealkylation sites (N-methyl/N-ethyl adjacent to an activating group) is 1. The molecule has 3 aromatic carbocycles. The molecule has 0 saturated heterocycles. The molecule has 0 saturated carbocycles. The third kappa shape index (κ3) is 5.01. The topological polar surface area (TPSA) is 89.3 Å². The molecule has 2 heterocycles. The number of ether oxygens (including phenoxy) is 1. The SMILES string of the molecule is COC(=O)c1ccc(CO/N=C2\C(=O)N(Cc3nc4ccccc4n3CCN(C)C)c3ccccc32)cc1. The van der Waals surface area contributed by atoms with E-state index in [0.717, 1.165) is 46.8 Å². The van der Waals surface area contributed by atoms with E-state index in [1.54, 1.807) is 29.2 Å². The Hall–Kier alpha value is -4.50. The van der Waals surface area contributed by atoms with Gasteiger partial charge in [0.05, 0.1) is 35.9 Å². The van der Waals surface area contributed by atoms with Crippen LogP contribution in [0.5, 0.6) is 0 Å². The number of fused-ring (bicyclic) bond motifs is 2. The van der Waals surface area contributed by atoms with Crippen LogP contribution in [0.4, 0.5) is 5.69 Å². The first-order chi connectivity index (χ1) is 18.5. The number of nitrogens with zero attached hydrogens (tertiary/aromatic N) is 5. The van der Waals surface area contributed by atoms with Crippen LogP contribution in [0.1, 0.15) is 27.3 Å². The molecule has 4 aromatic rings. The number of methoxy groups -OCH3 is 1. The molecule has 0 atom stereocenters. The van der Waals surface area contributed by atoms with Gasteiger partial charge < -0.3 is 19.0 Å². The molecule has 1 amide bonds. The molecule has 9 heteroatoms. The van der Waals surface area contributed by atoms with Crippen LogP contribution in [0, 0.1) is 0 Å². The number of carbonyl (C=O) groups excluding carboxylic acids is 2. The second-order valence-electron chi connectivity index (χ2n) is 9.28. The highest BCUT2D eigenvalue weighted by Crippen LogP contribution is 2.31. The molecule has 5 rings (SSSR count). The second kappa shape index (κ2) is 10.9. The maximum Gasteiger partial charge on any atom is 0.337 e. The van der Waals surface area contributed by atoms with Gasteiger partial charge in [0.25, 0.3) is 5.91 Å². The zero-order chi connectivity index (χ0) is 26.6. The summed E-state index contributed by atoms with van der Waals surface area (Å²) < 4.78 is 6.90. The molecular weight excluding hydrogens is 482 g/mol. The predicted molar refractivity (Wildman–Crippen MR) is 145 cm³/mol. The number of para-hydroxylation sites is 3. The van der Waals surface area contributed by atoms with Crippen LogP contribution < -0.4 is 4.90 Å². The minimum Gasteiger partial charge on any atom is -0.465 e. The molecule has 0 spiro atoms. The fourth-order valence-electron chi connectivity index (χ4n) is 4.47. The summed E-state index contributed by atoms with van der Waals surface area (Å²) in [5.74, 6) is 0.170. The summed E-state index contributed by atoms with van der Waals surface area (Å²) in [5.41, 5.74) is 4.95. The van der Waals surface area contributed by atoms with Crippen molar-refractivity contribution in [1.29, 1.82) is 0 Å². The number of hydrogen-bond donors (Lipinski definition) is 0. The van der Waals surface area contributed by atoms with Gasteiger partial charge in [-0.3, -0.25) is 9.69 Å². The van der Waals surface area contributed by atoms with E-state index in [0.29, 0.717) is 12.1 Å². The van der Waals surface area contributed by atoms with Crippen molar-refractivity contribution >= 4 is 34.3 Å². The van der Waals surface area contributed by atoms with Crippen molar-refractivity contribution in [2.24, 2.45) is 5.16 Å². The Morgan fingerprint density at radius 1 is 1.00 bits per heavy atom. The number of rotatable bonds is 9. The summed E-state index contributed by atoms with van der Waals surface area (Å²) in [4.78, 5) is 39.5. The van der Waals surface area contributed by atoms with Crippen molar-refractivity contribution < 1.29 is 19.2 Å². The van der Waals surface area contributed by atoms with Crippen molar-refractivity contribution in [1.82, 2.24) is 14.5 Å². The van der Waals surface area contributed by atoms with E-state index >= 15 is 0 Å². The van der Waals surface area contributed by atoms with E-state index in [2.05, 4.69) is 20.7 Å². The standard InChI is InChI=1S/C29H29N5O4/c1-32(2)16-17-33-25-11-7-5-9-23(25)30-26(33)18-34-24-10-6-4-8-22(24)27(28(34)35)31-38-19-20-12-14-21(15-13-20)29(36)37-3/h4-15H,16-19H2,1-3H3/b31-27-. The number of oxime groups is 1. The quantitative estimate of drug-likeness (QED) is 0.251. The van der Waals surface area contributed by atoms with Gasteiger partial charge in [0.1, 0.15) is 12.4 Å². The van der Waals surface area contributed by atoms with E-state index < -0.39 is 5.97 Å². The highest BCUT2D eigenvalue weighted by molar-refractivity contribution is 6.54. The molecule has 0 aliphatic carbocycles. The van der Waals surface area contributed by atoms with Crippen LogP contribution in [0.2, 0.25) is 0 Å². The Kier molecular flexibility index (Phi) is 7.19. The van der Waals surface area contributed by atoms with Crippen molar-refractivity contribution in [2.45, 2.75) is 19.7 Å². The first-order valence-corrected chi connectivity index (χ1v) is 12.3. The molecule has 1 aliphatic rings. The maximum atomic E-state index is 13.6. The molecule has 0 N–H and O–H groups in total. The van der Waals surface area contributed by atoms with E-state index in [-0.39, 0.29) is 18.2 Å². The number of esters is 1. The van der Waals surface area contributed by atoms with Gasteiger partial charge in [-0.25, -0.2) is 9.78 Å². The van der Waals surface area contributed by atoms with Crippen LogP contribution in [0.3, 0.4) is 0 Å². The van der Waals surface area contributed by atoms with Gasteiger partial charge in [-0.2, -0.15) is 0 Å². The summed E-state index contributed by atoms with van der Waals surface area (Å²) in [6.45, 7) is 2.07. The molecule has 1 aromatic heterocycles. The number of anilines is 1. The van der Waals surface area contributed by atoms with Crippen LogP contribution in [-0.2, 0) is 34.1 Å². The molecule has 0 bridgehead atoms. The molecule has 38 heavy (non-hydrogen) atoms. The van der Waals surface area contributed by atoms with Crippen molar-refractivity contribution in [3.8, 4) is 0 Å². The molecular formula is C29H29N5O4. The van der Waals surface area contributed by atoms with E-state index in [1.165, 1.54) is 7.11 Å². The number of aromatic nitrogens is 2. The highest BCUT2D eigenvalue weighted by atomic mass is 16.6. The van der Waals surface area contributed by atoms with E-state index in [1.807, 2.05) is 56.6 Å². The monoisotopic (exact) mass is 511 g/mol. The van der Waals surface area contributed by atoms with Crippen molar-refractivity contribution in [3.63, 3.8) is 0 Å². The number of imidazole rings is 1. The van der Waals surface area contributed by atoms with Gasteiger partial charge in [-0.05, 0) is 50.0 Å². The fraction of sp³-hybridized carbons (Fsp3) is 0.241. The number of hydrogen-bond acceptors (Lipinski definition) is 7. The number of amides is 1. The molecule has 0 unspecified atom stereocenters. The van der Waals surface area contributed by atoms with Crippen LogP contribution >= 0.6 is 0 Å². The Labute approximate surface area is 220 Å². The van der Waals surface area contributed by atoms with Crippen LogP contribution in [-0.4, -0.2) is 59.8 Å². The summed E-state index contributed by atoms with van der Waals surface area (Å²) >= 11 is 0. The lowest BCUT2D eigenvalue weighted by molar-refractivity contribution is -0.112. The van der Waals surface area contributed by atoms with Gasteiger partial charge in [0.2, 0.25) is 0 Å². The molecule has 0 fully saturated rings. The third-order valence-electron chi connectivity index (χ3n) is 6.46. The van der Waals surface area contributed by atoms with E-state index in [4.69, 9.17) is 14.6 Å². The van der Waals surface area contributed by atoms with Crippen molar-refractivity contribution in [3.05, 3.63) is 95.3 Å². The fourth-order valence-corrected chi connectivity index (χ4v) is 4.47. The zero-order valence-electron chi connectivity index (χ0n) is 21.6. The lowest BCUT2D eigenvalue weighted by Crippen LogP contribution is -2.31. The van der Waals surface area contributed by atoms with Gasteiger partial charge in [-0.1, -0.05) is 47.6 Å². The Morgan fingerprint density at radius 3 is 2.50 bits per heavy atom. The summed E-state index contributed by atoms with van der Waals surface area (Å²) in [6, 6.07) is 22.4. The predicted octanol–water partition coefficient (Wildman–Crippen LogP) is 3.85. The van der Waals surface area contributed by atoms with Crippen molar-refractivity contribution in [2.75, 3.05) is 32.6 Å². The van der Waals surface area contributed by atoms with Gasteiger partial charge in [0.15, 0.2) is 5.71 Å². The largest absolute Gasteiger partial charge is 0.465 e. The van der Waals surface area contributed by atoms with Crippen LogP contribution in [0.25, 0.3) is 11.0 Å². The Bertz CT molecular complexity index is 1510. The number of carbonyl (C=O) groups is 2. The third-order valence-corrected chi connectivity index (χ3v) is 6.46. The second-order valence-corrected chi connectivity index (χ2v) is 9.28. The zero-order valence-corrected chi connectivity index (χ0v) is 21.6. The molecule has 194 valence electrons. The number of benzene rings is 3. The normalized spacial score (nSPS) is 13.9. The molecule has 9 nitrogen and oxygen atoms in total. The average molecular weight is 512 g/mol. The highest BCUT2D eigenvalue weighted by Gasteiger charge is 2.35. The molecule has 1 aliphatic heterocycles. The smallest absolute Gasteiger partial charge is 0.337 e. The minimum absolute atomic E-state index is 0.154. The summed E-state index contributed by atoms with van der Waals surface area (Å²) in [7, 11) is 5.42. The lowest BCUT2D eigenvalue weighted by Gasteiger charge is -2.18. The first-order valence-electron chi connectivity index (χ1n) is 12.3. The summed E-state index contributed by atoms with van der Waals surface area (Å²) in [5, 5.41) is 4.23.